The van der Waals surface area contributed by atoms with Gasteiger partial charge in [-0.1, -0.05) is 6.07 Å². The molecule has 1 aliphatic rings. The van der Waals surface area contributed by atoms with Crippen molar-refractivity contribution in [2.45, 2.75) is 13.0 Å². The van der Waals surface area contributed by atoms with Crippen LogP contribution in [0.3, 0.4) is 0 Å². The lowest BCUT2D eigenvalue weighted by molar-refractivity contribution is 0.265. The summed E-state index contributed by atoms with van der Waals surface area (Å²) in [6, 6.07) is 3.82. The predicted molar refractivity (Wildman–Crippen MR) is 63.7 cm³/mol. The highest BCUT2D eigenvalue weighted by Gasteiger charge is 2.14. The van der Waals surface area contributed by atoms with Crippen LogP contribution in [0.25, 0.3) is 0 Å². The van der Waals surface area contributed by atoms with Gasteiger partial charge in [-0.25, -0.2) is 8.78 Å². The van der Waals surface area contributed by atoms with Crippen LogP contribution in [0.1, 0.15) is 12.0 Å². The fourth-order valence-corrected chi connectivity index (χ4v) is 2.15. The van der Waals surface area contributed by atoms with E-state index in [1.807, 2.05) is 0 Å². The smallest absolute Gasteiger partial charge is 0.130 e. The second-order valence-corrected chi connectivity index (χ2v) is 4.67. The highest BCUT2D eigenvalue weighted by molar-refractivity contribution is 5.18. The molecule has 0 saturated carbocycles. The van der Waals surface area contributed by atoms with E-state index < -0.39 is 11.6 Å². The van der Waals surface area contributed by atoms with Crippen molar-refractivity contribution in [3.05, 3.63) is 35.4 Å². The standard InChI is InChI=1S/C13H18F2N2/c1-16-5-2-6-17(8-7-16)10-11-3-4-12(14)9-13(11)15/h3-4,9H,2,5-8,10H2,1H3. The second kappa shape index (κ2) is 5.56. The van der Waals surface area contributed by atoms with Gasteiger partial charge in [-0.2, -0.15) is 0 Å². The van der Waals surface area contributed by atoms with Crippen molar-refractivity contribution in [1.29, 1.82) is 0 Å². The number of hydrogen-bond acceptors (Lipinski definition) is 2. The first-order chi connectivity index (χ1) is 8.15. The Morgan fingerprint density at radius 1 is 1.12 bits per heavy atom. The Balaban J connectivity index is 2.00. The maximum absolute atomic E-state index is 13.5. The molecule has 1 fully saturated rings. The van der Waals surface area contributed by atoms with Crippen molar-refractivity contribution >= 4 is 0 Å². The number of benzene rings is 1. The maximum Gasteiger partial charge on any atom is 0.130 e. The van der Waals surface area contributed by atoms with Crippen LogP contribution in [0, 0.1) is 11.6 Å². The van der Waals surface area contributed by atoms with E-state index in [-0.39, 0.29) is 0 Å². The number of halogens is 2. The number of nitrogens with zero attached hydrogens (tertiary/aromatic N) is 2. The molecule has 0 aliphatic carbocycles. The molecule has 1 heterocycles. The molecule has 0 N–H and O–H groups in total. The lowest BCUT2D eigenvalue weighted by Gasteiger charge is -2.20. The average Bonchev–Trinajstić information content (AvgIpc) is 2.48. The monoisotopic (exact) mass is 240 g/mol. The molecule has 1 aliphatic heterocycles. The minimum Gasteiger partial charge on any atom is -0.305 e. The number of likely N-dealkylation sites (N-methyl/N-ethyl adjacent to an activating group) is 1. The zero-order valence-electron chi connectivity index (χ0n) is 10.1. The van der Waals surface area contributed by atoms with E-state index in [2.05, 4.69) is 16.8 Å². The van der Waals surface area contributed by atoms with Crippen LogP contribution < -0.4 is 0 Å². The van der Waals surface area contributed by atoms with E-state index in [4.69, 9.17) is 0 Å². The van der Waals surface area contributed by atoms with Crippen molar-refractivity contribution < 1.29 is 8.78 Å². The maximum atomic E-state index is 13.5. The van der Waals surface area contributed by atoms with Crippen molar-refractivity contribution in [3.8, 4) is 0 Å². The lowest BCUT2D eigenvalue weighted by atomic mass is 10.2. The third-order valence-electron chi connectivity index (χ3n) is 3.22. The van der Waals surface area contributed by atoms with Crippen LogP contribution in [0.15, 0.2) is 18.2 Å². The van der Waals surface area contributed by atoms with E-state index in [0.29, 0.717) is 12.1 Å². The van der Waals surface area contributed by atoms with Gasteiger partial charge in [-0.15, -0.1) is 0 Å². The van der Waals surface area contributed by atoms with Crippen molar-refractivity contribution in [2.24, 2.45) is 0 Å². The summed E-state index contributed by atoms with van der Waals surface area (Å²) in [7, 11) is 2.10. The molecule has 0 spiro atoms. The minimum atomic E-state index is -0.512. The molecule has 0 atom stereocenters. The zero-order chi connectivity index (χ0) is 12.3. The third kappa shape index (κ3) is 3.48. The Kier molecular flexibility index (Phi) is 4.07. The Hall–Kier alpha value is -1.00. The highest BCUT2D eigenvalue weighted by Crippen LogP contribution is 2.13. The average molecular weight is 240 g/mol. The molecule has 17 heavy (non-hydrogen) atoms. The molecular weight excluding hydrogens is 222 g/mol. The largest absolute Gasteiger partial charge is 0.305 e. The van der Waals surface area contributed by atoms with Crippen LogP contribution in [-0.2, 0) is 6.54 Å². The quantitative estimate of drug-likeness (QED) is 0.781. The molecule has 2 nitrogen and oxygen atoms in total. The molecule has 2 rings (SSSR count). The van der Waals surface area contributed by atoms with Crippen molar-refractivity contribution in [2.75, 3.05) is 33.2 Å². The molecule has 0 unspecified atom stereocenters. The fraction of sp³-hybridized carbons (Fsp3) is 0.538. The van der Waals surface area contributed by atoms with Crippen molar-refractivity contribution in [3.63, 3.8) is 0 Å². The summed E-state index contributed by atoms with van der Waals surface area (Å²) in [5.74, 6) is -0.954. The number of hydrogen-bond donors (Lipinski definition) is 0. The minimum absolute atomic E-state index is 0.442. The summed E-state index contributed by atoms with van der Waals surface area (Å²) < 4.78 is 26.3. The Morgan fingerprint density at radius 3 is 2.71 bits per heavy atom. The highest BCUT2D eigenvalue weighted by atomic mass is 19.1. The molecule has 0 radical (unpaired) electrons. The second-order valence-electron chi connectivity index (χ2n) is 4.67. The molecule has 0 aromatic heterocycles. The van der Waals surface area contributed by atoms with Crippen LogP contribution in [0.2, 0.25) is 0 Å². The van der Waals surface area contributed by atoms with Crippen LogP contribution in [0.5, 0.6) is 0 Å². The van der Waals surface area contributed by atoms with E-state index in [9.17, 15) is 8.78 Å². The Morgan fingerprint density at radius 2 is 1.94 bits per heavy atom. The molecule has 1 saturated heterocycles. The Labute approximate surface area is 101 Å². The first-order valence-electron chi connectivity index (χ1n) is 6.00. The summed E-state index contributed by atoms with van der Waals surface area (Å²) >= 11 is 0. The molecular formula is C13H18F2N2. The van der Waals surface area contributed by atoms with Crippen LogP contribution in [0.4, 0.5) is 8.78 Å². The third-order valence-corrected chi connectivity index (χ3v) is 3.22. The SMILES string of the molecule is CN1CCCN(Cc2ccc(F)cc2F)CC1. The summed E-state index contributed by atoms with van der Waals surface area (Å²) in [5, 5.41) is 0. The summed E-state index contributed by atoms with van der Waals surface area (Å²) in [6.45, 7) is 4.57. The topological polar surface area (TPSA) is 6.48 Å². The molecule has 0 bridgehead atoms. The first kappa shape index (κ1) is 12.5. The van der Waals surface area contributed by atoms with E-state index in [1.54, 1.807) is 6.07 Å². The van der Waals surface area contributed by atoms with Gasteiger partial charge in [0.25, 0.3) is 0 Å². The molecule has 1 aromatic carbocycles. The molecule has 1 aromatic rings. The van der Waals surface area contributed by atoms with E-state index in [1.165, 1.54) is 6.07 Å². The van der Waals surface area contributed by atoms with Crippen molar-refractivity contribution in [1.82, 2.24) is 9.80 Å². The summed E-state index contributed by atoms with van der Waals surface area (Å²) in [6.07, 6.45) is 1.10. The molecule has 0 amide bonds. The Bertz CT molecular complexity index is 382. The van der Waals surface area contributed by atoms with Gasteiger partial charge in [0.15, 0.2) is 0 Å². The summed E-state index contributed by atoms with van der Waals surface area (Å²) in [4.78, 5) is 4.50. The van der Waals surface area contributed by atoms with Gasteiger partial charge >= 0.3 is 0 Å². The number of rotatable bonds is 2. The zero-order valence-corrected chi connectivity index (χ0v) is 10.1. The normalized spacial score (nSPS) is 19.2. The van der Waals surface area contributed by atoms with Gasteiger partial charge < -0.3 is 4.90 Å². The van der Waals surface area contributed by atoms with E-state index in [0.717, 1.165) is 38.7 Å². The predicted octanol–water partition coefficient (Wildman–Crippen LogP) is 2.10. The van der Waals surface area contributed by atoms with Gasteiger partial charge in [0, 0.05) is 31.3 Å². The molecule has 94 valence electrons. The lowest BCUT2D eigenvalue weighted by Crippen LogP contribution is -2.28. The van der Waals surface area contributed by atoms with Gasteiger partial charge in [0.2, 0.25) is 0 Å². The summed E-state index contributed by atoms with van der Waals surface area (Å²) in [5.41, 5.74) is 0.580. The molecule has 4 heteroatoms. The van der Waals surface area contributed by atoms with Crippen LogP contribution >= 0.6 is 0 Å². The van der Waals surface area contributed by atoms with Gasteiger partial charge in [-0.05, 0) is 32.6 Å². The fourth-order valence-electron chi connectivity index (χ4n) is 2.15. The first-order valence-corrected chi connectivity index (χ1v) is 6.00. The van der Waals surface area contributed by atoms with Gasteiger partial charge in [0.05, 0.1) is 0 Å². The van der Waals surface area contributed by atoms with E-state index >= 15 is 0 Å². The van der Waals surface area contributed by atoms with Gasteiger partial charge in [0.1, 0.15) is 11.6 Å². The van der Waals surface area contributed by atoms with Gasteiger partial charge in [-0.3, -0.25) is 4.90 Å². The van der Waals surface area contributed by atoms with Crippen LogP contribution in [-0.4, -0.2) is 43.0 Å².